The Hall–Kier alpha value is -1.91. The van der Waals surface area contributed by atoms with E-state index in [4.69, 9.17) is 0 Å². The summed E-state index contributed by atoms with van der Waals surface area (Å²) in [6, 6.07) is 4.01. The third-order valence-electron chi connectivity index (χ3n) is 3.25. The molecule has 2 heterocycles. The van der Waals surface area contributed by atoms with Crippen molar-refractivity contribution in [3.8, 4) is 0 Å². The van der Waals surface area contributed by atoms with E-state index in [2.05, 4.69) is 30.7 Å². The third kappa shape index (κ3) is 5.95. The van der Waals surface area contributed by atoms with Crippen LogP contribution in [-0.4, -0.2) is 46.3 Å². The Kier molecular flexibility index (Phi) is 8.44. The molecule has 8 nitrogen and oxygen atoms in total. The highest BCUT2D eigenvalue weighted by Gasteiger charge is 2.03. The van der Waals surface area contributed by atoms with Crippen molar-refractivity contribution in [2.75, 3.05) is 25.5 Å². The molecule has 0 aromatic carbocycles. The van der Waals surface area contributed by atoms with E-state index in [0.717, 1.165) is 29.7 Å². The van der Waals surface area contributed by atoms with Gasteiger partial charge in [0.25, 0.3) is 0 Å². The summed E-state index contributed by atoms with van der Waals surface area (Å²) < 4.78 is 1.74. The summed E-state index contributed by atoms with van der Waals surface area (Å²) in [5.41, 5.74) is 1.11. The van der Waals surface area contributed by atoms with E-state index < -0.39 is 0 Å². The Morgan fingerprint density at radius 3 is 2.71 bits per heavy atom. The molecular formula is C15H25IN8. The minimum atomic E-state index is 0. The molecule has 0 saturated heterocycles. The number of nitrogens with one attached hydrogen (secondary N) is 2. The fraction of sp³-hybridized carbons (Fsp3) is 0.467. The highest BCUT2D eigenvalue weighted by atomic mass is 127. The molecule has 0 atom stereocenters. The second-order valence-electron chi connectivity index (χ2n) is 5.27. The van der Waals surface area contributed by atoms with Crippen molar-refractivity contribution in [1.29, 1.82) is 0 Å². The van der Waals surface area contributed by atoms with Crippen molar-refractivity contribution in [2.45, 2.75) is 20.0 Å². The Bertz CT molecular complexity index is 652. The number of aromatic nitrogens is 4. The largest absolute Gasteiger partial charge is 0.363 e. The Labute approximate surface area is 159 Å². The normalized spacial score (nSPS) is 10.9. The molecule has 0 aliphatic rings. The molecule has 0 bridgehead atoms. The van der Waals surface area contributed by atoms with Crippen LogP contribution in [0, 0.1) is 0 Å². The summed E-state index contributed by atoms with van der Waals surface area (Å²) in [5.74, 6) is 2.53. The number of aliphatic imine (C=N–C) groups is 1. The average Bonchev–Trinajstić information content (AvgIpc) is 2.95. The quantitative estimate of drug-likeness (QED) is 0.395. The van der Waals surface area contributed by atoms with E-state index in [1.54, 1.807) is 17.2 Å². The minimum absolute atomic E-state index is 0. The molecule has 24 heavy (non-hydrogen) atoms. The smallest absolute Gasteiger partial charge is 0.191 e. The second-order valence-corrected chi connectivity index (χ2v) is 5.27. The van der Waals surface area contributed by atoms with Crippen LogP contribution < -0.4 is 15.5 Å². The van der Waals surface area contributed by atoms with Gasteiger partial charge >= 0.3 is 0 Å². The number of anilines is 1. The minimum Gasteiger partial charge on any atom is -0.363 e. The number of hydrogen-bond donors (Lipinski definition) is 2. The summed E-state index contributed by atoms with van der Waals surface area (Å²) in [5, 5.41) is 10.5. The van der Waals surface area contributed by atoms with Crippen LogP contribution in [0.4, 0.5) is 5.82 Å². The number of aryl methyl sites for hydroxylation is 1. The van der Waals surface area contributed by atoms with Crippen LogP contribution in [0.2, 0.25) is 0 Å². The molecule has 2 rings (SSSR count). The number of pyridine rings is 1. The number of guanidine groups is 1. The molecule has 2 aromatic rings. The van der Waals surface area contributed by atoms with Crippen LogP contribution in [0.3, 0.4) is 0 Å². The van der Waals surface area contributed by atoms with E-state index >= 15 is 0 Å². The van der Waals surface area contributed by atoms with Crippen molar-refractivity contribution < 1.29 is 0 Å². The molecule has 0 amide bonds. The van der Waals surface area contributed by atoms with Crippen molar-refractivity contribution in [3.05, 3.63) is 36.0 Å². The van der Waals surface area contributed by atoms with E-state index in [9.17, 15) is 0 Å². The van der Waals surface area contributed by atoms with Crippen molar-refractivity contribution >= 4 is 35.8 Å². The summed E-state index contributed by atoms with van der Waals surface area (Å²) >= 11 is 0. The maximum atomic E-state index is 4.60. The van der Waals surface area contributed by atoms with Gasteiger partial charge in [-0.2, -0.15) is 5.10 Å². The first-order chi connectivity index (χ1) is 11.1. The van der Waals surface area contributed by atoms with Crippen LogP contribution in [0.1, 0.15) is 18.3 Å². The Balaban J connectivity index is 0.00000288. The number of nitrogens with zero attached hydrogens (tertiary/aromatic N) is 6. The lowest BCUT2D eigenvalue weighted by atomic mass is 10.2. The van der Waals surface area contributed by atoms with E-state index in [1.165, 1.54) is 0 Å². The average molecular weight is 444 g/mol. The van der Waals surface area contributed by atoms with Gasteiger partial charge in [-0.1, -0.05) is 0 Å². The maximum absolute atomic E-state index is 4.60. The highest BCUT2D eigenvalue weighted by molar-refractivity contribution is 14.0. The molecule has 0 aliphatic heterocycles. The molecule has 0 unspecified atom stereocenters. The van der Waals surface area contributed by atoms with Gasteiger partial charge in [0.15, 0.2) is 5.96 Å². The summed E-state index contributed by atoms with van der Waals surface area (Å²) in [6.45, 7) is 3.99. The van der Waals surface area contributed by atoms with Gasteiger partial charge in [-0.25, -0.2) is 15.0 Å². The second kappa shape index (κ2) is 10.1. The zero-order chi connectivity index (χ0) is 16.7. The Morgan fingerprint density at radius 2 is 2.08 bits per heavy atom. The number of hydrogen-bond acceptors (Lipinski definition) is 5. The molecule has 0 spiro atoms. The molecule has 0 aliphatic carbocycles. The number of rotatable bonds is 6. The topological polar surface area (TPSA) is 83.3 Å². The van der Waals surface area contributed by atoms with Crippen LogP contribution in [0.5, 0.6) is 0 Å². The number of halogens is 1. The molecular weight excluding hydrogens is 419 g/mol. The van der Waals surface area contributed by atoms with Crippen molar-refractivity contribution in [1.82, 2.24) is 30.4 Å². The van der Waals surface area contributed by atoms with Gasteiger partial charge in [-0.15, -0.1) is 24.0 Å². The van der Waals surface area contributed by atoms with Crippen molar-refractivity contribution in [3.63, 3.8) is 0 Å². The summed E-state index contributed by atoms with van der Waals surface area (Å²) in [7, 11) is 5.82. The first kappa shape index (κ1) is 20.1. The predicted molar refractivity (Wildman–Crippen MR) is 107 cm³/mol. The van der Waals surface area contributed by atoms with Gasteiger partial charge in [-0.3, -0.25) is 4.68 Å². The van der Waals surface area contributed by atoms with Gasteiger partial charge in [0.05, 0.1) is 13.1 Å². The lowest BCUT2D eigenvalue weighted by Crippen LogP contribution is -2.37. The summed E-state index contributed by atoms with van der Waals surface area (Å²) in [4.78, 5) is 15.1. The fourth-order valence-electron chi connectivity index (χ4n) is 1.96. The van der Waals surface area contributed by atoms with Gasteiger partial charge in [0.1, 0.15) is 18.0 Å². The zero-order valence-electron chi connectivity index (χ0n) is 14.5. The molecule has 0 saturated carbocycles. The first-order valence-electron chi connectivity index (χ1n) is 7.57. The SMILES string of the molecule is CCNC(=NCc1ccnc(N(C)C)c1)NCc1ncnn1C.I. The van der Waals surface area contributed by atoms with Gasteiger partial charge in [0, 0.05) is 33.9 Å². The van der Waals surface area contributed by atoms with E-state index in [1.807, 2.05) is 45.1 Å². The van der Waals surface area contributed by atoms with Crippen LogP contribution in [0.15, 0.2) is 29.6 Å². The zero-order valence-corrected chi connectivity index (χ0v) is 16.9. The van der Waals surface area contributed by atoms with Crippen LogP contribution in [0.25, 0.3) is 0 Å². The molecule has 2 aromatic heterocycles. The van der Waals surface area contributed by atoms with Gasteiger partial charge < -0.3 is 15.5 Å². The van der Waals surface area contributed by atoms with Crippen molar-refractivity contribution in [2.24, 2.45) is 12.0 Å². The molecule has 0 radical (unpaired) electrons. The lowest BCUT2D eigenvalue weighted by molar-refractivity contribution is 0.673. The van der Waals surface area contributed by atoms with E-state index in [0.29, 0.717) is 13.1 Å². The van der Waals surface area contributed by atoms with Crippen LogP contribution >= 0.6 is 24.0 Å². The van der Waals surface area contributed by atoms with Gasteiger partial charge in [0.2, 0.25) is 0 Å². The third-order valence-corrected chi connectivity index (χ3v) is 3.25. The monoisotopic (exact) mass is 444 g/mol. The standard InChI is InChI=1S/C15H24N8.HI/c1-5-16-15(19-10-14-20-11-21-23(14)4)18-9-12-6-7-17-13(8-12)22(2)3;/h6-8,11H,5,9-10H2,1-4H3,(H2,16,18,19);1H. The Morgan fingerprint density at radius 1 is 1.29 bits per heavy atom. The maximum Gasteiger partial charge on any atom is 0.191 e. The van der Waals surface area contributed by atoms with Crippen LogP contribution in [-0.2, 0) is 20.1 Å². The van der Waals surface area contributed by atoms with Gasteiger partial charge in [-0.05, 0) is 24.6 Å². The van der Waals surface area contributed by atoms with E-state index in [-0.39, 0.29) is 24.0 Å². The molecule has 2 N–H and O–H groups in total. The first-order valence-corrected chi connectivity index (χ1v) is 7.57. The summed E-state index contributed by atoms with van der Waals surface area (Å²) in [6.07, 6.45) is 3.35. The highest BCUT2D eigenvalue weighted by Crippen LogP contribution is 2.10. The lowest BCUT2D eigenvalue weighted by Gasteiger charge is -2.13. The fourth-order valence-corrected chi connectivity index (χ4v) is 1.96. The predicted octanol–water partition coefficient (Wildman–Crippen LogP) is 1.15. The molecule has 132 valence electrons. The molecule has 0 fully saturated rings. The molecule has 9 heteroatoms.